The van der Waals surface area contributed by atoms with E-state index < -0.39 is 0 Å². The van der Waals surface area contributed by atoms with Crippen LogP contribution >= 0.6 is 0 Å². The van der Waals surface area contributed by atoms with Crippen molar-refractivity contribution in [1.29, 1.82) is 0 Å². The molecule has 1 amide bonds. The van der Waals surface area contributed by atoms with Crippen molar-refractivity contribution >= 4 is 5.91 Å². The van der Waals surface area contributed by atoms with E-state index in [4.69, 9.17) is 14.2 Å². The van der Waals surface area contributed by atoms with Crippen LogP contribution in [0, 0.1) is 0 Å². The van der Waals surface area contributed by atoms with Crippen LogP contribution in [0.1, 0.15) is 35.3 Å². The van der Waals surface area contributed by atoms with Gasteiger partial charge in [-0.15, -0.1) is 0 Å². The third-order valence-electron chi connectivity index (χ3n) is 4.95. The third kappa shape index (κ3) is 5.16. The second kappa shape index (κ2) is 10.6. The van der Waals surface area contributed by atoms with Gasteiger partial charge in [-0.3, -0.25) is 4.79 Å². The molecule has 0 bridgehead atoms. The first-order valence-corrected chi connectivity index (χ1v) is 9.56. The molecule has 2 aromatic rings. The van der Waals surface area contributed by atoms with E-state index in [1.54, 1.807) is 19.2 Å². The molecule has 0 saturated heterocycles. The highest BCUT2D eigenvalue weighted by Crippen LogP contribution is 2.34. The van der Waals surface area contributed by atoms with Gasteiger partial charge < -0.3 is 24.4 Å². The first kappa shape index (κ1) is 21.6. The lowest BCUT2D eigenvalue weighted by atomic mass is 10.1. The molecule has 0 fully saturated rings. The molecule has 0 heterocycles. The average molecular weight is 388 g/mol. The molecule has 0 spiro atoms. The summed E-state index contributed by atoms with van der Waals surface area (Å²) in [5.74, 6) is 1.22. The maximum atomic E-state index is 12.8. The Morgan fingerprint density at radius 3 is 2.04 bits per heavy atom. The normalized spacial score (nSPS) is 10.6. The first-order chi connectivity index (χ1) is 13.6. The monoisotopic (exact) mass is 387 g/mol. The molecule has 0 aliphatic carbocycles. The van der Waals surface area contributed by atoms with Crippen LogP contribution in [-0.4, -0.2) is 40.3 Å². The van der Waals surface area contributed by atoms with Crippen LogP contribution in [0.15, 0.2) is 36.4 Å². The highest BCUT2D eigenvalue weighted by molar-refractivity contribution is 5.97. The van der Waals surface area contributed by atoms with Gasteiger partial charge in [0.1, 0.15) is 12.3 Å². The van der Waals surface area contributed by atoms with E-state index in [0.29, 0.717) is 29.4 Å². The summed E-state index contributed by atoms with van der Waals surface area (Å²) < 4.78 is 16.0. The highest BCUT2D eigenvalue weighted by atomic mass is 16.5. The van der Waals surface area contributed by atoms with Crippen molar-refractivity contribution in [1.82, 2.24) is 5.32 Å². The predicted molar refractivity (Wildman–Crippen MR) is 109 cm³/mol. The van der Waals surface area contributed by atoms with E-state index in [9.17, 15) is 4.79 Å². The van der Waals surface area contributed by atoms with E-state index in [0.717, 1.165) is 25.2 Å². The largest absolute Gasteiger partial charge is 0.496 e. The Balaban J connectivity index is 2.19. The number of amides is 1. The summed E-state index contributed by atoms with van der Waals surface area (Å²) in [4.78, 5) is 14.3. The molecule has 2 aromatic carbocycles. The van der Waals surface area contributed by atoms with Gasteiger partial charge in [0.05, 0.1) is 40.0 Å². The third-order valence-corrected chi connectivity index (χ3v) is 4.95. The summed E-state index contributed by atoms with van der Waals surface area (Å²) in [5.41, 5.74) is 2.78. The highest BCUT2D eigenvalue weighted by Gasteiger charge is 2.18. The van der Waals surface area contributed by atoms with Crippen LogP contribution in [0.5, 0.6) is 17.2 Å². The van der Waals surface area contributed by atoms with Gasteiger partial charge >= 0.3 is 0 Å². The lowest BCUT2D eigenvalue weighted by molar-refractivity contribution is -0.910. The van der Waals surface area contributed by atoms with Gasteiger partial charge in [0.2, 0.25) is 0 Å². The minimum atomic E-state index is -0.220. The maximum Gasteiger partial charge on any atom is 0.255 e. The summed E-state index contributed by atoms with van der Waals surface area (Å²) in [5, 5.41) is 3.00. The molecule has 0 saturated carbocycles. The Labute approximate surface area is 167 Å². The number of quaternary nitrogens is 1. The van der Waals surface area contributed by atoms with Crippen molar-refractivity contribution in [3.8, 4) is 17.2 Å². The van der Waals surface area contributed by atoms with Gasteiger partial charge in [0, 0.05) is 24.2 Å². The topological polar surface area (TPSA) is 61.2 Å². The van der Waals surface area contributed by atoms with Crippen LogP contribution in [0.3, 0.4) is 0 Å². The van der Waals surface area contributed by atoms with Gasteiger partial charge in [-0.25, -0.2) is 0 Å². The molecule has 0 aromatic heterocycles. The minimum Gasteiger partial charge on any atom is -0.496 e. The first-order valence-electron chi connectivity index (χ1n) is 9.56. The molecule has 0 unspecified atom stereocenters. The second-order valence-electron chi connectivity index (χ2n) is 6.49. The number of carbonyl (C=O) groups is 1. The number of hydrogen-bond donors (Lipinski definition) is 2. The zero-order chi connectivity index (χ0) is 20.5. The molecule has 6 nitrogen and oxygen atoms in total. The van der Waals surface area contributed by atoms with E-state index in [1.165, 1.54) is 24.7 Å². The molecule has 0 radical (unpaired) electrons. The molecule has 152 valence electrons. The lowest BCUT2D eigenvalue weighted by Gasteiger charge is -2.18. The minimum absolute atomic E-state index is 0.220. The van der Waals surface area contributed by atoms with E-state index in [1.807, 2.05) is 12.1 Å². The molecule has 0 aliphatic heterocycles. The van der Waals surface area contributed by atoms with E-state index >= 15 is 0 Å². The quantitative estimate of drug-likeness (QED) is 0.655. The van der Waals surface area contributed by atoms with Gasteiger partial charge in [-0.1, -0.05) is 24.3 Å². The molecular formula is C22H31N2O4+. The van der Waals surface area contributed by atoms with Crippen molar-refractivity contribution < 1.29 is 23.9 Å². The van der Waals surface area contributed by atoms with Crippen molar-refractivity contribution in [2.45, 2.75) is 26.9 Å². The molecule has 0 aliphatic rings. The molecule has 28 heavy (non-hydrogen) atoms. The number of benzene rings is 2. The summed E-state index contributed by atoms with van der Waals surface area (Å²) in [6.07, 6.45) is 0. The standard InChI is InChI=1S/C22H30N2O4/c1-6-24(7-2)15-17-11-9-8-10-16(17)14-23-22(25)18-12-20(27-4)21(28-5)13-19(18)26-3/h8-13H,6-7,14-15H2,1-5H3,(H,23,25)/p+1. The number of methoxy groups -OCH3 is 3. The summed E-state index contributed by atoms with van der Waals surface area (Å²) in [6, 6.07) is 11.5. The second-order valence-corrected chi connectivity index (χ2v) is 6.49. The van der Waals surface area contributed by atoms with Gasteiger partial charge in [0.25, 0.3) is 5.91 Å². The zero-order valence-corrected chi connectivity index (χ0v) is 17.4. The number of ether oxygens (including phenoxy) is 3. The fourth-order valence-electron chi connectivity index (χ4n) is 3.15. The predicted octanol–water partition coefficient (Wildman–Crippen LogP) is 2.07. The van der Waals surface area contributed by atoms with Crippen molar-refractivity contribution in [3.63, 3.8) is 0 Å². The van der Waals surface area contributed by atoms with E-state index in [-0.39, 0.29) is 5.91 Å². The number of hydrogen-bond acceptors (Lipinski definition) is 4. The molecule has 2 N–H and O–H groups in total. The Bertz CT molecular complexity index is 788. The SMILES string of the molecule is CC[NH+](CC)Cc1ccccc1CNC(=O)c1cc(OC)c(OC)cc1OC. The molecule has 0 atom stereocenters. The van der Waals surface area contributed by atoms with Gasteiger partial charge in [-0.05, 0) is 19.4 Å². The van der Waals surface area contributed by atoms with E-state index in [2.05, 4.69) is 31.3 Å². The van der Waals surface area contributed by atoms with Crippen molar-refractivity contribution in [2.24, 2.45) is 0 Å². The number of nitrogens with one attached hydrogen (secondary N) is 2. The van der Waals surface area contributed by atoms with Crippen LogP contribution in [0.2, 0.25) is 0 Å². The summed E-state index contributed by atoms with van der Waals surface area (Å²) in [6.45, 7) is 7.91. The smallest absolute Gasteiger partial charge is 0.255 e. The summed E-state index contributed by atoms with van der Waals surface area (Å²) in [7, 11) is 4.61. The van der Waals surface area contributed by atoms with Crippen molar-refractivity contribution in [2.75, 3.05) is 34.4 Å². The van der Waals surface area contributed by atoms with Crippen LogP contribution in [0.25, 0.3) is 0 Å². The van der Waals surface area contributed by atoms with Gasteiger partial charge in [0.15, 0.2) is 11.5 Å². The van der Waals surface area contributed by atoms with Crippen LogP contribution in [-0.2, 0) is 13.1 Å². The maximum absolute atomic E-state index is 12.8. The number of carbonyl (C=O) groups excluding carboxylic acids is 1. The fraction of sp³-hybridized carbons (Fsp3) is 0.409. The zero-order valence-electron chi connectivity index (χ0n) is 17.4. The van der Waals surface area contributed by atoms with Crippen LogP contribution in [0.4, 0.5) is 0 Å². The van der Waals surface area contributed by atoms with Crippen molar-refractivity contribution in [3.05, 3.63) is 53.1 Å². The fourth-order valence-corrected chi connectivity index (χ4v) is 3.15. The molecule has 2 rings (SSSR count). The molecular weight excluding hydrogens is 356 g/mol. The Morgan fingerprint density at radius 2 is 1.46 bits per heavy atom. The van der Waals surface area contributed by atoms with Crippen LogP contribution < -0.4 is 24.4 Å². The Kier molecular flexibility index (Phi) is 8.14. The average Bonchev–Trinajstić information content (AvgIpc) is 2.75. The van der Waals surface area contributed by atoms with Gasteiger partial charge in [-0.2, -0.15) is 0 Å². The summed E-state index contributed by atoms with van der Waals surface area (Å²) >= 11 is 0. The lowest BCUT2D eigenvalue weighted by Crippen LogP contribution is -3.10. The molecule has 6 heteroatoms. The Morgan fingerprint density at radius 1 is 0.893 bits per heavy atom. The Hall–Kier alpha value is -2.73. The number of rotatable bonds is 10.